The van der Waals surface area contributed by atoms with Crippen LogP contribution in [0.3, 0.4) is 0 Å². The molecule has 140 valence electrons. The summed E-state index contributed by atoms with van der Waals surface area (Å²) in [6, 6.07) is 7.76. The van der Waals surface area contributed by atoms with Crippen molar-refractivity contribution >= 4 is 18.0 Å². The summed E-state index contributed by atoms with van der Waals surface area (Å²) in [6.45, 7) is 2.17. The van der Waals surface area contributed by atoms with Crippen molar-refractivity contribution in [1.82, 2.24) is 10.6 Å². The van der Waals surface area contributed by atoms with Gasteiger partial charge in [0, 0.05) is 11.6 Å². The van der Waals surface area contributed by atoms with E-state index in [2.05, 4.69) is 22.8 Å². The summed E-state index contributed by atoms with van der Waals surface area (Å²) in [5, 5.41) is 15.4. The Morgan fingerprint density at radius 2 is 1.65 bits per heavy atom. The minimum Gasteiger partial charge on any atom is -0.481 e. The lowest BCUT2D eigenvalue weighted by Crippen LogP contribution is -2.38. The molecule has 0 radical (unpaired) electrons. The van der Waals surface area contributed by atoms with Gasteiger partial charge in [-0.05, 0) is 75.2 Å². The normalized spacial score (nSPS) is 24.5. The third-order valence-electron chi connectivity index (χ3n) is 5.53. The number of hydrogen-bond acceptors (Lipinski definition) is 3. The van der Waals surface area contributed by atoms with Gasteiger partial charge in [-0.15, -0.1) is 0 Å². The number of rotatable bonds is 5. The SMILES string of the molecule is O=C(NC1CCC(C(=O)O)CC1)c1ccc(/C=C/C2CCNCC2)cc1. The Labute approximate surface area is 154 Å². The van der Waals surface area contributed by atoms with Crippen molar-refractivity contribution in [1.29, 1.82) is 0 Å². The lowest BCUT2D eigenvalue weighted by molar-refractivity contribution is -0.142. The summed E-state index contributed by atoms with van der Waals surface area (Å²) in [5.41, 5.74) is 1.77. The molecule has 1 aliphatic heterocycles. The van der Waals surface area contributed by atoms with Crippen molar-refractivity contribution in [2.75, 3.05) is 13.1 Å². The topological polar surface area (TPSA) is 78.4 Å². The molecule has 3 rings (SSSR count). The van der Waals surface area contributed by atoms with Crippen LogP contribution >= 0.6 is 0 Å². The highest BCUT2D eigenvalue weighted by Crippen LogP contribution is 2.24. The van der Waals surface area contributed by atoms with Gasteiger partial charge in [0.1, 0.15) is 0 Å². The molecule has 2 aliphatic rings. The third-order valence-corrected chi connectivity index (χ3v) is 5.53. The number of aliphatic carboxylic acids is 1. The van der Waals surface area contributed by atoms with Crippen molar-refractivity contribution in [2.24, 2.45) is 11.8 Å². The fraction of sp³-hybridized carbons (Fsp3) is 0.524. The van der Waals surface area contributed by atoms with Gasteiger partial charge in [0.15, 0.2) is 0 Å². The highest BCUT2D eigenvalue weighted by Gasteiger charge is 2.26. The Kier molecular flexibility index (Phi) is 6.45. The monoisotopic (exact) mass is 356 g/mol. The van der Waals surface area contributed by atoms with Gasteiger partial charge in [0.25, 0.3) is 5.91 Å². The van der Waals surface area contributed by atoms with Crippen molar-refractivity contribution in [3.05, 3.63) is 41.5 Å². The van der Waals surface area contributed by atoms with Crippen molar-refractivity contribution < 1.29 is 14.7 Å². The number of allylic oxidation sites excluding steroid dienone is 1. The minimum absolute atomic E-state index is 0.0716. The van der Waals surface area contributed by atoms with Crippen LogP contribution in [0, 0.1) is 11.8 Å². The van der Waals surface area contributed by atoms with Crippen LogP contribution in [-0.4, -0.2) is 36.1 Å². The summed E-state index contributed by atoms with van der Waals surface area (Å²) < 4.78 is 0. The molecule has 1 aliphatic carbocycles. The number of nitrogens with one attached hydrogen (secondary N) is 2. The van der Waals surface area contributed by atoms with Gasteiger partial charge in [-0.1, -0.05) is 24.3 Å². The Balaban J connectivity index is 1.49. The Bertz CT molecular complexity index is 640. The number of piperidine rings is 1. The summed E-state index contributed by atoms with van der Waals surface area (Å²) >= 11 is 0. The molecule has 0 bridgehead atoms. The lowest BCUT2D eigenvalue weighted by Gasteiger charge is -2.26. The van der Waals surface area contributed by atoms with Crippen LogP contribution in [0.25, 0.3) is 6.08 Å². The van der Waals surface area contributed by atoms with Gasteiger partial charge >= 0.3 is 5.97 Å². The van der Waals surface area contributed by atoms with Gasteiger partial charge in [-0.2, -0.15) is 0 Å². The average molecular weight is 356 g/mol. The average Bonchev–Trinajstić information content (AvgIpc) is 2.68. The first kappa shape index (κ1) is 18.6. The second-order valence-corrected chi connectivity index (χ2v) is 7.43. The van der Waals surface area contributed by atoms with Crippen molar-refractivity contribution in [3.63, 3.8) is 0 Å². The maximum absolute atomic E-state index is 12.4. The Morgan fingerprint density at radius 1 is 1.00 bits per heavy atom. The number of carbonyl (C=O) groups excluding carboxylic acids is 1. The van der Waals surface area contributed by atoms with Gasteiger partial charge in [0.05, 0.1) is 5.92 Å². The van der Waals surface area contributed by atoms with E-state index in [0.717, 1.165) is 31.5 Å². The van der Waals surface area contributed by atoms with E-state index in [0.29, 0.717) is 24.3 Å². The molecule has 0 spiro atoms. The molecule has 1 aromatic carbocycles. The quantitative estimate of drug-likeness (QED) is 0.758. The molecule has 2 fully saturated rings. The Morgan fingerprint density at radius 3 is 2.27 bits per heavy atom. The highest BCUT2D eigenvalue weighted by atomic mass is 16.4. The summed E-state index contributed by atoms with van der Waals surface area (Å²) in [4.78, 5) is 23.4. The van der Waals surface area contributed by atoms with Gasteiger partial charge in [-0.25, -0.2) is 0 Å². The van der Waals surface area contributed by atoms with E-state index in [1.54, 1.807) is 0 Å². The number of amides is 1. The lowest BCUT2D eigenvalue weighted by atomic mass is 9.86. The van der Waals surface area contributed by atoms with Crippen LogP contribution in [0.5, 0.6) is 0 Å². The first-order valence-corrected chi connectivity index (χ1v) is 9.64. The van der Waals surface area contributed by atoms with Crippen LogP contribution in [0.1, 0.15) is 54.4 Å². The van der Waals surface area contributed by atoms with Crippen LogP contribution in [0.15, 0.2) is 30.3 Å². The van der Waals surface area contributed by atoms with E-state index in [-0.39, 0.29) is 17.9 Å². The van der Waals surface area contributed by atoms with E-state index >= 15 is 0 Å². The van der Waals surface area contributed by atoms with E-state index in [9.17, 15) is 9.59 Å². The molecule has 5 heteroatoms. The van der Waals surface area contributed by atoms with Gasteiger partial charge in [0.2, 0.25) is 0 Å². The zero-order chi connectivity index (χ0) is 18.4. The smallest absolute Gasteiger partial charge is 0.306 e. The molecule has 1 saturated heterocycles. The number of carboxylic acid groups (broad SMARTS) is 1. The molecule has 5 nitrogen and oxygen atoms in total. The molecule has 1 amide bonds. The summed E-state index contributed by atoms with van der Waals surface area (Å²) in [7, 11) is 0. The number of carboxylic acids is 1. The van der Waals surface area contributed by atoms with E-state index in [1.165, 1.54) is 12.8 Å². The number of benzene rings is 1. The molecular weight excluding hydrogens is 328 g/mol. The molecule has 1 aromatic rings. The Hall–Kier alpha value is -2.14. The van der Waals surface area contributed by atoms with Gasteiger partial charge in [-0.3, -0.25) is 9.59 Å². The largest absolute Gasteiger partial charge is 0.481 e. The second-order valence-electron chi connectivity index (χ2n) is 7.43. The molecular formula is C21H28N2O3. The van der Waals surface area contributed by atoms with E-state index < -0.39 is 5.97 Å². The minimum atomic E-state index is -0.720. The molecule has 0 aromatic heterocycles. The predicted molar refractivity (Wildman–Crippen MR) is 102 cm³/mol. The molecule has 0 atom stereocenters. The maximum atomic E-state index is 12.4. The predicted octanol–water partition coefficient (Wildman–Crippen LogP) is 3.07. The number of carbonyl (C=O) groups is 2. The summed E-state index contributed by atoms with van der Waals surface area (Å²) in [5.74, 6) is -0.408. The molecule has 3 N–H and O–H groups in total. The first-order valence-electron chi connectivity index (χ1n) is 9.64. The second kappa shape index (κ2) is 8.99. The standard InChI is InChI=1S/C21H28N2O3/c24-20(23-19-9-7-18(8-10-19)21(25)26)17-5-3-15(4-6-17)1-2-16-11-13-22-14-12-16/h1-6,16,18-19,22H,7-14H2,(H,23,24)(H,25,26)/b2-1+. The maximum Gasteiger partial charge on any atom is 0.306 e. The summed E-state index contributed by atoms with van der Waals surface area (Å²) in [6.07, 6.45) is 9.53. The number of hydrogen-bond donors (Lipinski definition) is 3. The van der Waals surface area contributed by atoms with Crippen LogP contribution in [0.2, 0.25) is 0 Å². The van der Waals surface area contributed by atoms with E-state index in [4.69, 9.17) is 5.11 Å². The molecule has 26 heavy (non-hydrogen) atoms. The van der Waals surface area contributed by atoms with Crippen molar-refractivity contribution in [2.45, 2.75) is 44.6 Å². The van der Waals surface area contributed by atoms with Crippen LogP contribution in [-0.2, 0) is 4.79 Å². The first-order chi connectivity index (χ1) is 12.6. The fourth-order valence-electron chi connectivity index (χ4n) is 3.78. The van der Waals surface area contributed by atoms with Crippen molar-refractivity contribution in [3.8, 4) is 0 Å². The van der Waals surface area contributed by atoms with Gasteiger partial charge < -0.3 is 15.7 Å². The zero-order valence-corrected chi connectivity index (χ0v) is 15.1. The van der Waals surface area contributed by atoms with Crippen LogP contribution < -0.4 is 10.6 Å². The van der Waals surface area contributed by atoms with E-state index in [1.807, 2.05) is 24.3 Å². The highest BCUT2D eigenvalue weighted by molar-refractivity contribution is 5.94. The molecule has 1 heterocycles. The molecule has 0 unspecified atom stereocenters. The van der Waals surface area contributed by atoms with Crippen LogP contribution in [0.4, 0.5) is 0 Å². The molecule has 1 saturated carbocycles. The third kappa shape index (κ3) is 5.18. The fourth-order valence-corrected chi connectivity index (χ4v) is 3.78. The zero-order valence-electron chi connectivity index (χ0n) is 15.1.